The van der Waals surface area contributed by atoms with E-state index in [1.54, 1.807) is 0 Å². The topological polar surface area (TPSA) is 95.5 Å². The summed E-state index contributed by atoms with van der Waals surface area (Å²) in [5, 5.41) is 18.9. The number of carboxylic acids is 1. The highest BCUT2D eigenvalue weighted by atomic mass is 19.1. The minimum Gasteiger partial charge on any atom is -0.480 e. The lowest BCUT2D eigenvalue weighted by Gasteiger charge is -2.22. The lowest BCUT2D eigenvalue weighted by atomic mass is 9.92. The predicted octanol–water partition coefficient (Wildman–Crippen LogP) is 3.99. The van der Waals surface area contributed by atoms with Crippen molar-refractivity contribution in [1.82, 2.24) is 10.6 Å². The molecular weight excluding hydrogens is 447 g/mol. The highest BCUT2D eigenvalue weighted by Gasteiger charge is 2.27. The summed E-state index contributed by atoms with van der Waals surface area (Å²) >= 11 is 0. The highest BCUT2D eigenvalue weighted by Crippen LogP contribution is 2.29. The molecule has 3 N–H and O–H groups in total. The fourth-order valence-corrected chi connectivity index (χ4v) is 4.32. The van der Waals surface area contributed by atoms with Crippen molar-refractivity contribution in [2.45, 2.75) is 31.8 Å². The van der Waals surface area contributed by atoms with E-state index in [2.05, 4.69) is 16.7 Å². The van der Waals surface area contributed by atoms with E-state index in [-0.39, 0.29) is 12.8 Å². The second-order valence-corrected chi connectivity index (χ2v) is 8.48. The minimum absolute atomic E-state index is 0.0618. The van der Waals surface area contributed by atoms with Crippen molar-refractivity contribution in [3.05, 3.63) is 95.8 Å². The van der Waals surface area contributed by atoms with Crippen LogP contribution in [0.25, 0.3) is 21.5 Å². The molecule has 0 aliphatic heterocycles. The summed E-state index contributed by atoms with van der Waals surface area (Å²) in [6, 6.07) is 20.8. The molecule has 6 nitrogen and oxygen atoms in total. The van der Waals surface area contributed by atoms with Gasteiger partial charge in [0.05, 0.1) is 0 Å². The van der Waals surface area contributed by atoms with E-state index in [1.807, 2.05) is 48.5 Å². The monoisotopic (exact) mass is 472 g/mol. The number of hydrogen-bond acceptors (Lipinski definition) is 3. The van der Waals surface area contributed by atoms with Crippen LogP contribution in [0.1, 0.15) is 18.1 Å². The lowest BCUT2D eigenvalue weighted by Crippen LogP contribution is -2.52. The summed E-state index contributed by atoms with van der Waals surface area (Å²) in [5.74, 6) is -2.65. The fraction of sp³-hybridized carbons (Fsp3) is 0.179. The number of fused-ring (bicyclic) bond motifs is 2. The molecule has 0 heterocycles. The molecule has 4 rings (SSSR count). The first-order chi connectivity index (χ1) is 16.8. The van der Waals surface area contributed by atoms with Crippen LogP contribution in [-0.2, 0) is 27.2 Å². The summed E-state index contributed by atoms with van der Waals surface area (Å²) in [6.07, 6.45) is 0.154. The first-order valence-electron chi connectivity index (χ1n) is 11.3. The summed E-state index contributed by atoms with van der Waals surface area (Å²) in [7, 11) is 0. The van der Waals surface area contributed by atoms with E-state index in [4.69, 9.17) is 0 Å². The molecular formula is C28H25FN2O4. The van der Waals surface area contributed by atoms with Gasteiger partial charge in [0.1, 0.15) is 17.9 Å². The standard InChI is InChI=1S/C28H25FN2O4/c1-17(32)30-25(14-18-10-12-21(29)13-11-18)27(33)31-26(28(34)35)16-24-22-8-4-2-6-19(22)15-20-7-3-5-9-23(20)24/h2-13,15,25-26H,14,16H2,1H3,(H,30,32)(H,31,33)(H,34,35)/t25-,26+/m0/s1. The van der Waals surface area contributed by atoms with Crippen molar-refractivity contribution in [1.29, 1.82) is 0 Å². The van der Waals surface area contributed by atoms with Crippen LogP contribution in [0.3, 0.4) is 0 Å². The van der Waals surface area contributed by atoms with E-state index in [0.29, 0.717) is 5.56 Å². The van der Waals surface area contributed by atoms with Gasteiger partial charge in [-0.15, -0.1) is 0 Å². The molecule has 0 aliphatic carbocycles. The molecule has 2 amide bonds. The predicted molar refractivity (Wildman–Crippen MR) is 132 cm³/mol. The molecule has 4 aromatic rings. The second-order valence-electron chi connectivity index (χ2n) is 8.48. The number of carbonyl (C=O) groups excluding carboxylic acids is 2. The zero-order valence-electron chi connectivity index (χ0n) is 19.1. The van der Waals surface area contributed by atoms with Crippen molar-refractivity contribution in [2.24, 2.45) is 0 Å². The van der Waals surface area contributed by atoms with Gasteiger partial charge < -0.3 is 15.7 Å². The van der Waals surface area contributed by atoms with Crippen LogP contribution in [0.15, 0.2) is 78.9 Å². The molecule has 0 fully saturated rings. The highest BCUT2D eigenvalue weighted by molar-refractivity contribution is 6.03. The quantitative estimate of drug-likeness (QED) is 0.338. The Morgan fingerprint density at radius 1 is 0.800 bits per heavy atom. The third-order valence-corrected chi connectivity index (χ3v) is 5.95. The average Bonchev–Trinajstić information content (AvgIpc) is 2.83. The Balaban J connectivity index is 1.64. The summed E-state index contributed by atoms with van der Waals surface area (Å²) in [5.41, 5.74) is 1.45. The van der Waals surface area contributed by atoms with Crippen LogP contribution >= 0.6 is 0 Å². The van der Waals surface area contributed by atoms with E-state index in [1.165, 1.54) is 31.2 Å². The van der Waals surface area contributed by atoms with Crippen molar-refractivity contribution in [3.63, 3.8) is 0 Å². The Morgan fingerprint density at radius 2 is 1.37 bits per heavy atom. The first kappa shape index (κ1) is 23.9. The number of amides is 2. The van der Waals surface area contributed by atoms with Crippen molar-refractivity contribution < 1.29 is 23.9 Å². The zero-order valence-corrected chi connectivity index (χ0v) is 19.1. The Morgan fingerprint density at radius 3 is 1.91 bits per heavy atom. The third kappa shape index (κ3) is 5.63. The van der Waals surface area contributed by atoms with Crippen LogP contribution < -0.4 is 10.6 Å². The zero-order chi connectivity index (χ0) is 24.9. The molecule has 35 heavy (non-hydrogen) atoms. The molecule has 4 aromatic carbocycles. The number of hydrogen-bond donors (Lipinski definition) is 3. The summed E-state index contributed by atoms with van der Waals surface area (Å²) in [6.45, 7) is 1.28. The van der Waals surface area contributed by atoms with E-state index >= 15 is 0 Å². The van der Waals surface area contributed by atoms with Gasteiger partial charge in [0.25, 0.3) is 0 Å². The lowest BCUT2D eigenvalue weighted by molar-refractivity contribution is -0.142. The van der Waals surface area contributed by atoms with Crippen LogP contribution in [-0.4, -0.2) is 35.0 Å². The number of benzene rings is 4. The molecule has 7 heteroatoms. The van der Waals surface area contributed by atoms with Crippen molar-refractivity contribution >= 4 is 39.3 Å². The normalized spacial score (nSPS) is 12.7. The van der Waals surface area contributed by atoms with E-state index < -0.39 is 35.7 Å². The maximum absolute atomic E-state index is 13.3. The van der Waals surface area contributed by atoms with Gasteiger partial charge >= 0.3 is 5.97 Å². The maximum atomic E-state index is 13.3. The Bertz CT molecular complexity index is 1350. The molecule has 0 aliphatic rings. The number of rotatable bonds is 8. The summed E-state index contributed by atoms with van der Waals surface area (Å²) in [4.78, 5) is 37.1. The molecule has 0 saturated carbocycles. The molecule has 0 spiro atoms. The van der Waals surface area contributed by atoms with Gasteiger partial charge in [-0.3, -0.25) is 9.59 Å². The Labute approximate surface area is 201 Å². The first-order valence-corrected chi connectivity index (χ1v) is 11.3. The minimum atomic E-state index is -1.22. The van der Waals surface area contributed by atoms with Crippen molar-refractivity contribution in [2.75, 3.05) is 0 Å². The number of halogens is 1. The summed E-state index contributed by atoms with van der Waals surface area (Å²) < 4.78 is 13.3. The van der Waals surface area contributed by atoms with Crippen molar-refractivity contribution in [3.8, 4) is 0 Å². The van der Waals surface area contributed by atoms with Gasteiger partial charge in [-0.25, -0.2) is 9.18 Å². The van der Waals surface area contributed by atoms with Gasteiger partial charge in [-0.05, 0) is 50.9 Å². The number of aliphatic carboxylic acids is 1. The van der Waals surface area contributed by atoms with Crippen LogP contribution in [0.4, 0.5) is 4.39 Å². The Hall–Kier alpha value is -4.26. The smallest absolute Gasteiger partial charge is 0.326 e. The van der Waals surface area contributed by atoms with Gasteiger partial charge in [0.2, 0.25) is 11.8 Å². The molecule has 0 aromatic heterocycles. The molecule has 0 saturated heterocycles. The number of carbonyl (C=O) groups is 3. The number of nitrogens with one attached hydrogen (secondary N) is 2. The van der Waals surface area contributed by atoms with Gasteiger partial charge in [0.15, 0.2) is 0 Å². The molecule has 2 atom stereocenters. The third-order valence-electron chi connectivity index (χ3n) is 5.95. The second kappa shape index (κ2) is 10.3. The fourth-order valence-electron chi connectivity index (χ4n) is 4.32. The maximum Gasteiger partial charge on any atom is 0.326 e. The molecule has 178 valence electrons. The Kier molecular flexibility index (Phi) is 7.06. The van der Waals surface area contributed by atoms with E-state index in [0.717, 1.165) is 27.1 Å². The van der Waals surface area contributed by atoms with Crippen LogP contribution in [0.2, 0.25) is 0 Å². The SMILES string of the molecule is CC(=O)N[C@@H](Cc1ccc(F)cc1)C(=O)N[C@H](Cc1c2ccccc2cc2ccccc12)C(=O)O. The van der Waals surface area contributed by atoms with Gasteiger partial charge in [-0.1, -0.05) is 60.7 Å². The largest absolute Gasteiger partial charge is 0.480 e. The molecule has 0 radical (unpaired) electrons. The van der Waals surface area contributed by atoms with E-state index in [9.17, 15) is 23.9 Å². The van der Waals surface area contributed by atoms with Gasteiger partial charge in [0, 0.05) is 19.8 Å². The number of carboxylic acid groups (broad SMARTS) is 1. The van der Waals surface area contributed by atoms with Crippen LogP contribution in [0, 0.1) is 5.82 Å². The van der Waals surface area contributed by atoms with Crippen LogP contribution in [0.5, 0.6) is 0 Å². The molecule has 0 unspecified atom stereocenters. The average molecular weight is 473 g/mol. The molecule has 0 bridgehead atoms. The van der Waals surface area contributed by atoms with Gasteiger partial charge in [-0.2, -0.15) is 0 Å².